The fraction of sp³-hybridized carbons (Fsp3) is 0.556. The lowest BCUT2D eigenvalue weighted by Gasteiger charge is -2.50. The van der Waals surface area contributed by atoms with Gasteiger partial charge < -0.3 is 33.9 Å². The second kappa shape index (κ2) is 38.7. The lowest BCUT2D eigenvalue weighted by atomic mass is 9.63. The van der Waals surface area contributed by atoms with E-state index in [1.54, 1.807) is 14.2 Å². The van der Waals surface area contributed by atoms with Crippen molar-refractivity contribution in [3.63, 3.8) is 0 Å². The molecule has 23 heteroatoms. The molecule has 4 aliphatic heterocycles. The van der Waals surface area contributed by atoms with Crippen molar-refractivity contribution < 1.29 is 77.8 Å². The number of methoxy groups -OCH3 is 2. The van der Waals surface area contributed by atoms with E-state index in [1.165, 1.54) is 92.3 Å². The van der Waals surface area contributed by atoms with Crippen LogP contribution in [0.25, 0.3) is 0 Å². The molecule has 0 radical (unpaired) electrons. The molecular formula is C81H100Cl3F10N3O7. The molecular weight excluding hydrogens is 1420 g/mol. The van der Waals surface area contributed by atoms with Gasteiger partial charge in [0.15, 0.2) is 0 Å². The number of hydrogen-bond acceptors (Lipinski definition) is 10. The van der Waals surface area contributed by atoms with Gasteiger partial charge in [-0.25, -0.2) is 4.39 Å². The van der Waals surface area contributed by atoms with Crippen molar-refractivity contribution >= 4 is 34.8 Å². The van der Waals surface area contributed by atoms with Crippen LogP contribution in [0.3, 0.4) is 0 Å². The minimum atomic E-state index is -4.38. The summed E-state index contributed by atoms with van der Waals surface area (Å²) in [4.78, 5) is 7.50. The SMILES string of the molecule is C1CCOC1.COC[C@@H]1[C@H](CO)CCCN1CC1(c2ccc(Cl)cc2)CCC1.COC[C@@H]1[C@H](COc2ccc(C(F)(F)F)cc2)CCCN1CC1(c2ccc(Cl)cc2)CCC1.Fc1ccc(C(F)(F)F)cc1.OC[C@@H]1[C@H](COc2ccc(C(F)(F)F)cc2)CCCN1CC1(c2ccc(Cl)cc2)CCC1. The number of hydrogen-bond donors (Lipinski definition) is 2. The Morgan fingerprint density at radius 3 is 0.981 bits per heavy atom. The van der Waals surface area contributed by atoms with Crippen LogP contribution in [-0.4, -0.2) is 149 Å². The Balaban J connectivity index is 0.000000165. The maximum absolute atomic E-state index is 12.8. The van der Waals surface area contributed by atoms with Gasteiger partial charge >= 0.3 is 18.5 Å². The summed E-state index contributed by atoms with van der Waals surface area (Å²) >= 11 is 18.3. The summed E-state index contributed by atoms with van der Waals surface area (Å²) in [6.45, 7) is 10.4. The average Bonchev–Trinajstić information content (AvgIpc) is 0.954. The highest BCUT2D eigenvalue weighted by atomic mass is 35.5. The Hall–Kier alpha value is -5.23. The third-order valence-corrected chi connectivity index (χ3v) is 23.1. The summed E-state index contributed by atoms with van der Waals surface area (Å²) in [5, 5.41) is 22.2. The molecule has 4 heterocycles. The Bertz CT molecular complexity index is 3460. The highest BCUT2D eigenvalue weighted by molar-refractivity contribution is 6.31. The van der Waals surface area contributed by atoms with Crippen LogP contribution >= 0.6 is 34.8 Å². The van der Waals surface area contributed by atoms with E-state index >= 15 is 0 Å². The number of piperidine rings is 3. The molecule has 6 atom stereocenters. The van der Waals surface area contributed by atoms with Crippen LogP contribution in [0.2, 0.25) is 15.1 Å². The van der Waals surface area contributed by atoms with E-state index in [0.717, 1.165) is 162 Å². The number of rotatable bonds is 21. The van der Waals surface area contributed by atoms with Crippen molar-refractivity contribution in [2.24, 2.45) is 17.8 Å². The maximum Gasteiger partial charge on any atom is 0.416 e. The van der Waals surface area contributed by atoms with Crippen LogP contribution < -0.4 is 9.47 Å². The summed E-state index contributed by atoms with van der Waals surface area (Å²) in [5.74, 6) is 0.933. The first-order valence-electron chi connectivity index (χ1n) is 36.5. The standard InChI is InChI=1S/C26H31ClF3NO2.C25H29ClF3NO2.C19H28ClNO2.C7H4F4.C4H8O/c1-32-17-24-19(16-33-23-11-7-21(8-12-23)26(28,29)30)4-2-15-31(24)18-25(13-3-14-25)20-5-9-22(27)10-6-20;26-21-8-4-19(5-9-21)24(12-2-13-24)17-30-14-1-3-18(23(30)15-31)16-32-22-10-6-20(7-11-22)25(27,28)29;1-23-13-18-15(12-22)4-2-11-21(18)14-19(9-3-10-19)16-5-7-17(20)8-6-16;8-6-3-1-5(2-4-6)7(9,10)11;1-2-4-5-3-1/h5-12,19,24H,2-4,13-18H2,1H3;4-11,18,23,31H,1-3,12-17H2;5-8,15,18,22H,2-4,9-14H2,1H3;1-4H;1-4H2/t19-,24+;18-,23+;15-,18+;;/m000../s1. The Morgan fingerprint density at radius 2 is 0.702 bits per heavy atom. The largest absolute Gasteiger partial charge is 0.493 e. The topological polar surface area (TPSA) is 96.3 Å². The molecule has 3 saturated carbocycles. The van der Waals surface area contributed by atoms with Gasteiger partial charge in [0.2, 0.25) is 0 Å². The van der Waals surface area contributed by atoms with E-state index in [9.17, 15) is 54.1 Å². The molecule has 3 aliphatic carbocycles. The van der Waals surface area contributed by atoms with Crippen LogP contribution in [0.15, 0.2) is 146 Å². The van der Waals surface area contributed by atoms with Gasteiger partial charge in [-0.05, 0) is 241 Å². The zero-order chi connectivity index (χ0) is 74.6. The molecule has 0 aromatic heterocycles. The number of nitrogens with zero attached hydrogens (tertiary/aromatic N) is 3. The molecule has 0 unspecified atom stereocenters. The first-order chi connectivity index (χ1) is 49.8. The summed E-state index contributed by atoms with van der Waals surface area (Å²) in [6.07, 6.45) is 6.55. The van der Waals surface area contributed by atoms with Gasteiger partial charge in [0.1, 0.15) is 17.3 Å². The van der Waals surface area contributed by atoms with Crippen LogP contribution in [-0.2, 0) is 49.0 Å². The molecule has 572 valence electrons. The first kappa shape index (κ1) is 82.8. The number of likely N-dealkylation sites (tertiary alicyclic amines) is 3. The van der Waals surface area contributed by atoms with Crippen molar-refractivity contribution in [3.8, 4) is 11.5 Å². The summed E-state index contributed by atoms with van der Waals surface area (Å²) in [7, 11) is 3.48. The molecule has 13 rings (SSSR count). The lowest BCUT2D eigenvalue weighted by molar-refractivity contribution is -0.138. The number of halogens is 13. The van der Waals surface area contributed by atoms with E-state index in [1.807, 2.05) is 36.4 Å². The van der Waals surface area contributed by atoms with Crippen molar-refractivity contribution in [2.45, 2.75) is 162 Å². The van der Waals surface area contributed by atoms with Crippen LogP contribution in [0.4, 0.5) is 43.9 Å². The number of aliphatic hydroxyl groups excluding tert-OH is 2. The van der Waals surface area contributed by atoms with E-state index in [-0.39, 0.29) is 53.4 Å². The summed E-state index contributed by atoms with van der Waals surface area (Å²) in [5.41, 5.74) is 2.37. The predicted molar refractivity (Wildman–Crippen MR) is 388 cm³/mol. The number of alkyl halides is 9. The minimum Gasteiger partial charge on any atom is -0.493 e. The Morgan fingerprint density at radius 1 is 0.394 bits per heavy atom. The van der Waals surface area contributed by atoms with Gasteiger partial charge in [0.05, 0.1) is 49.7 Å². The Labute approximate surface area is 621 Å². The zero-order valence-electron chi connectivity index (χ0n) is 59.4. The lowest BCUT2D eigenvalue weighted by Crippen LogP contribution is -2.55. The predicted octanol–water partition coefficient (Wildman–Crippen LogP) is 19.6. The normalized spacial score (nSPS) is 23.1. The van der Waals surface area contributed by atoms with Crippen LogP contribution in [0, 0.1) is 23.6 Å². The molecule has 0 amide bonds. The molecule has 6 aromatic carbocycles. The fourth-order valence-corrected chi connectivity index (χ4v) is 16.3. The maximum atomic E-state index is 12.8. The van der Waals surface area contributed by atoms with Crippen molar-refractivity contribution in [2.75, 3.05) is 106 Å². The molecule has 7 fully saturated rings. The average molecular weight is 1520 g/mol. The van der Waals surface area contributed by atoms with Crippen molar-refractivity contribution in [1.29, 1.82) is 0 Å². The Kier molecular flexibility index (Phi) is 30.8. The highest BCUT2D eigenvalue weighted by Gasteiger charge is 2.47. The van der Waals surface area contributed by atoms with E-state index < -0.39 is 41.0 Å². The second-order valence-electron chi connectivity index (χ2n) is 29.0. The van der Waals surface area contributed by atoms with Crippen molar-refractivity contribution in [1.82, 2.24) is 14.7 Å². The van der Waals surface area contributed by atoms with Gasteiger partial charge in [-0.2, -0.15) is 39.5 Å². The molecule has 10 nitrogen and oxygen atoms in total. The molecule has 2 N–H and O–H groups in total. The third kappa shape index (κ3) is 22.9. The molecule has 0 spiro atoms. The van der Waals surface area contributed by atoms with Gasteiger partial charge in [-0.3, -0.25) is 14.7 Å². The summed E-state index contributed by atoms with van der Waals surface area (Å²) in [6, 6.07) is 38.0. The molecule has 104 heavy (non-hydrogen) atoms. The van der Waals surface area contributed by atoms with E-state index in [4.69, 9.17) is 58.5 Å². The molecule has 7 aliphatic rings. The second-order valence-corrected chi connectivity index (χ2v) is 30.3. The number of benzene rings is 6. The third-order valence-electron chi connectivity index (χ3n) is 22.3. The van der Waals surface area contributed by atoms with Crippen LogP contribution in [0.1, 0.15) is 143 Å². The summed E-state index contributed by atoms with van der Waals surface area (Å²) < 4.78 is 152. The fourth-order valence-electron chi connectivity index (χ4n) is 16.0. The number of ether oxygens (including phenoxy) is 5. The molecule has 0 bridgehead atoms. The van der Waals surface area contributed by atoms with Crippen molar-refractivity contribution in [3.05, 3.63) is 200 Å². The van der Waals surface area contributed by atoms with E-state index in [2.05, 4.69) is 51.1 Å². The smallest absolute Gasteiger partial charge is 0.416 e. The molecule has 6 aromatic rings. The monoisotopic (exact) mass is 1520 g/mol. The molecule has 4 saturated heterocycles. The zero-order valence-corrected chi connectivity index (χ0v) is 61.7. The van der Waals surface area contributed by atoms with Gasteiger partial charge in [-0.1, -0.05) is 90.5 Å². The quantitative estimate of drug-likeness (QED) is 0.0679. The van der Waals surface area contributed by atoms with E-state index in [0.29, 0.717) is 62.0 Å². The van der Waals surface area contributed by atoms with Crippen LogP contribution in [0.5, 0.6) is 11.5 Å². The highest BCUT2D eigenvalue weighted by Crippen LogP contribution is 2.49. The first-order valence-corrected chi connectivity index (χ1v) is 37.6. The minimum absolute atomic E-state index is 0.0250. The van der Waals surface area contributed by atoms with Gasteiger partial charge in [0.25, 0.3) is 0 Å². The number of aliphatic hydroxyl groups is 2. The van der Waals surface area contributed by atoms with Gasteiger partial charge in [0, 0.05) is 115 Å². The van der Waals surface area contributed by atoms with Gasteiger partial charge in [-0.15, -0.1) is 0 Å².